The van der Waals surface area contributed by atoms with E-state index in [1.54, 1.807) is 25.1 Å². The van der Waals surface area contributed by atoms with Gasteiger partial charge in [0.1, 0.15) is 35.4 Å². The van der Waals surface area contributed by atoms with Crippen LogP contribution < -0.4 is 0 Å². The molecule has 0 aliphatic heterocycles. The molecular weight excluding hydrogens is 588 g/mol. The number of ether oxygens (including phenoxy) is 4. The molecule has 2 N–H and O–H groups in total. The van der Waals surface area contributed by atoms with Gasteiger partial charge in [-0.15, -0.1) is 0 Å². The summed E-state index contributed by atoms with van der Waals surface area (Å²) in [5.74, 6) is -6.98. The zero-order chi connectivity index (χ0) is 33.7. The summed E-state index contributed by atoms with van der Waals surface area (Å²) >= 11 is 0. The highest BCUT2D eigenvalue weighted by molar-refractivity contribution is 6.15. The lowest BCUT2D eigenvalue weighted by Gasteiger charge is -2.61. The molecule has 0 spiro atoms. The van der Waals surface area contributed by atoms with E-state index in [-0.39, 0.29) is 11.1 Å². The molecule has 3 aliphatic rings. The second-order valence-electron chi connectivity index (χ2n) is 12.6. The molecule has 0 radical (unpaired) electrons. The van der Waals surface area contributed by atoms with Crippen LogP contribution in [0.5, 0.6) is 0 Å². The highest BCUT2D eigenvalue weighted by atomic mass is 16.6. The van der Waals surface area contributed by atoms with Gasteiger partial charge >= 0.3 is 23.9 Å². The van der Waals surface area contributed by atoms with Crippen molar-refractivity contribution in [1.82, 2.24) is 0 Å². The maximum Gasteiger partial charge on any atom is 0.338 e. The summed E-state index contributed by atoms with van der Waals surface area (Å²) in [5, 5.41) is 25.2. The fraction of sp³-hybridized carbons (Fsp3) is 0.515. The van der Waals surface area contributed by atoms with E-state index in [1.807, 2.05) is 0 Å². The topological polar surface area (TPSA) is 180 Å². The van der Waals surface area contributed by atoms with Crippen LogP contribution in [-0.2, 0) is 42.9 Å². The highest BCUT2D eigenvalue weighted by Gasteiger charge is 2.73. The summed E-state index contributed by atoms with van der Waals surface area (Å²) in [6.07, 6.45) is -3.27. The number of rotatable bonds is 6. The minimum Gasteiger partial charge on any atom is -0.462 e. The molecule has 2 bridgehead atoms. The molecule has 242 valence electrons. The molecule has 12 heteroatoms. The normalized spacial score (nSPS) is 33.7. The van der Waals surface area contributed by atoms with Crippen LogP contribution in [0.2, 0.25) is 0 Å². The van der Waals surface area contributed by atoms with Crippen LogP contribution in [-0.4, -0.2) is 81.8 Å². The first kappa shape index (κ1) is 33.7. The Morgan fingerprint density at radius 1 is 0.889 bits per heavy atom. The molecular formula is C33H38O12. The van der Waals surface area contributed by atoms with E-state index < -0.39 is 94.7 Å². The number of carbonyl (C=O) groups excluding carboxylic acids is 6. The third-order valence-electron chi connectivity index (χ3n) is 9.48. The number of hydrogen-bond donors (Lipinski definition) is 2. The third kappa shape index (κ3) is 5.50. The molecule has 1 saturated carbocycles. The largest absolute Gasteiger partial charge is 0.462 e. The van der Waals surface area contributed by atoms with Gasteiger partial charge in [0, 0.05) is 32.6 Å². The lowest BCUT2D eigenvalue weighted by Crippen LogP contribution is -2.74. The van der Waals surface area contributed by atoms with Crippen molar-refractivity contribution >= 4 is 35.4 Å². The average molecular weight is 627 g/mol. The number of Topliss-reactive ketones (excluding diaryl/α,β-unsaturated/α-hetero) is 1. The molecule has 1 aromatic carbocycles. The third-order valence-corrected chi connectivity index (χ3v) is 9.48. The molecule has 0 unspecified atom stereocenters. The summed E-state index contributed by atoms with van der Waals surface area (Å²) in [7, 11) is 0. The molecule has 12 nitrogen and oxygen atoms in total. The van der Waals surface area contributed by atoms with Crippen molar-refractivity contribution in [2.45, 2.75) is 84.4 Å². The average Bonchev–Trinajstić information content (AvgIpc) is 2.95. The van der Waals surface area contributed by atoms with Crippen LogP contribution in [0.1, 0.15) is 65.2 Å². The van der Waals surface area contributed by atoms with E-state index in [1.165, 1.54) is 32.9 Å². The Bertz CT molecular complexity index is 1510. The number of ketones is 2. The maximum absolute atomic E-state index is 14.8. The molecule has 4 rings (SSSR count). The van der Waals surface area contributed by atoms with Gasteiger partial charge in [-0.05, 0) is 49.3 Å². The fourth-order valence-corrected chi connectivity index (χ4v) is 7.15. The van der Waals surface area contributed by atoms with Gasteiger partial charge < -0.3 is 29.2 Å². The van der Waals surface area contributed by atoms with Gasteiger partial charge in [-0.2, -0.15) is 0 Å². The predicted octanol–water partition coefficient (Wildman–Crippen LogP) is 2.19. The summed E-state index contributed by atoms with van der Waals surface area (Å²) in [4.78, 5) is 79.0. The van der Waals surface area contributed by atoms with Crippen molar-refractivity contribution in [2.75, 3.05) is 6.61 Å². The Hall–Kier alpha value is -4.16. The second kappa shape index (κ2) is 11.6. The molecule has 0 aromatic heterocycles. The molecule has 0 amide bonds. The van der Waals surface area contributed by atoms with E-state index in [2.05, 4.69) is 0 Å². The van der Waals surface area contributed by atoms with Crippen molar-refractivity contribution in [1.29, 1.82) is 0 Å². The van der Waals surface area contributed by atoms with Crippen molar-refractivity contribution in [2.24, 2.45) is 16.7 Å². The Kier molecular flexibility index (Phi) is 8.73. The van der Waals surface area contributed by atoms with E-state index in [0.717, 1.165) is 32.9 Å². The van der Waals surface area contributed by atoms with Crippen molar-refractivity contribution < 1.29 is 57.9 Å². The molecule has 45 heavy (non-hydrogen) atoms. The van der Waals surface area contributed by atoms with Crippen molar-refractivity contribution in [3.05, 3.63) is 59.2 Å². The second-order valence-corrected chi connectivity index (χ2v) is 12.6. The number of carbonyl (C=O) groups is 6. The molecule has 1 aromatic rings. The monoisotopic (exact) mass is 626 g/mol. The quantitative estimate of drug-likeness (QED) is 0.204. The molecule has 0 heterocycles. The molecule has 3 aliphatic carbocycles. The number of hydrogen-bond acceptors (Lipinski definition) is 12. The first-order chi connectivity index (χ1) is 20.8. The van der Waals surface area contributed by atoms with E-state index in [9.17, 15) is 39.0 Å². The SMILES string of the molecule is CC(=O)OC[C@]1(O)C=CC(=O)[C@@]2(C)C(=O)[C@H](OC(C)=O)C3=C(C)[C@@H](OC(C)=O)C[C@@](O)([C@@H](OC(=O)c4ccccc4)[C@@H]21)C3(C)C. The Balaban J connectivity index is 2.12. The summed E-state index contributed by atoms with van der Waals surface area (Å²) in [6, 6.07) is 7.74. The Labute approximate surface area is 260 Å². The number of esters is 4. The minimum absolute atomic E-state index is 0.0500. The highest BCUT2D eigenvalue weighted by Crippen LogP contribution is 2.60. The number of fused-ring (bicyclic) bond motifs is 3. The van der Waals surface area contributed by atoms with Crippen LogP contribution in [0.3, 0.4) is 0 Å². The summed E-state index contributed by atoms with van der Waals surface area (Å²) in [6.45, 7) is 8.36. The minimum atomic E-state index is -2.37. The first-order valence-corrected chi connectivity index (χ1v) is 14.5. The van der Waals surface area contributed by atoms with E-state index >= 15 is 0 Å². The zero-order valence-corrected chi connectivity index (χ0v) is 26.2. The predicted molar refractivity (Wildman–Crippen MR) is 155 cm³/mol. The van der Waals surface area contributed by atoms with Gasteiger partial charge in [0.2, 0.25) is 0 Å². The zero-order valence-electron chi connectivity index (χ0n) is 26.2. The van der Waals surface area contributed by atoms with Crippen LogP contribution >= 0.6 is 0 Å². The Morgan fingerprint density at radius 2 is 1.49 bits per heavy atom. The smallest absolute Gasteiger partial charge is 0.338 e. The Morgan fingerprint density at radius 3 is 2.04 bits per heavy atom. The number of allylic oxidation sites excluding steroid dienone is 1. The number of benzene rings is 1. The van der Waals surface area contributed by atoms with Gasteiger partial charge in [-0.3, -0.25) is 24.0 Å². The van der Waals surface area contributed by atoms with Crippen LogP contribution in [0, 0.1) is 16.7 Å². The van der Waals surface area contributed by atoms with Crippen LogP contribution in [0.15, 0.2) is 53.6 Å². The molecule has 1 fully saturated rings. The van der Waals surface area contributed by atoms with E-state index in [4.69, 9.17) is 18.9 Å². The number of aliphatic hydroxyl groups is 2. The summed E-state index contributed by atoms with van der Waals surface area (Å²) < 4.78 is 22.4. The van der Waals surface area contributed by atoms with Crippen LogP contribution in [0.4, 0.5) is 0 Å². The van der Waals surface area contributed by atoms with Gasteiger partial charge in [0.25, 0.3) is 0 Å². The fourth-order valence-electron chi connectivity index (χ4n) is 7.15. The summed E-state index contributed by atoms with van der Waals surface area (Å²) in [5.41, 5.74) is -8.16. The van der Waals surface area contributed by atoms with Gasteiger partial charge in [-0.1, -0.05) is 32.0 Å². The maximum atomic E-state index is 14.8. The van der Waals surface area contributed by atoms with Gasteiger partial charge in [0.05, 0.1) is 11.5 Å². The van der Waals surface area contributed by atoms with E-state index in [0.29, 0.717) is 5.57 Å². The standard InChI is InChI=1S/C33H38O12/c1-17-22(43-19(3)35)15-33(41)28(45-29(39)21-11-9-8-10-12-21)26-31(7,23(37)13-14-32(26,40)16-42-18(2)34)27(38)25(44-20(4)36)24(17)30(33,5)6/h8-14,22,25-26,28,40-41H,15-16H2,1-7H3/t22-,25+,26-,28-,31+,32+,33+/m0/s1. The first-order valence-electron chi connectivity index (χ1n) is 14.5. The lowest BCUT2D eigenvalue weighted by atomic mass is 9.47. The van der Waals surface area contributed by atoms with Crippen molar-refractivity contribution in [3.8, 4) is 0 Å². The van der Waals surface area contributed by atoms with Gasteiger partial charge in [0.15, 0.2) is 17.7 Å². The van der Waals surface area contributed by atoms with Gasteiger partial charge in [-0.25, -0.2) is 4.79 Å². The lowest BCUT2D eigenvalue weighted by molar-refractivity contribution is -0.233. The van der Waals surface area contributed by atoms with Crippen molar-refractivity contribution in [3.63, 3.8) is 0 Å². The molecule has 0 saturated heterocycles. The molecule has 7 atom stereocenters. The van der Waals surface area contributed by atoms with Crippen LogP contribution in [0.25, 0.3) is 0 Å².